The lowest BCUT2D eigenvalue weighted by atomic mass is 9.91. The van der Waals surface area contributed by atoms with Crippen molar-refractivity contribution in [3.05, 3.63) is 34.0 Å². The summed E-state index contributed by atoms with van der Waals surface area (Å²) in [5.41, 5.74) is 1.48. The lowest BCUT2D eigenvalue weighted by Crippen LogP contribution is -2.47. The molecule has 166 valence electrons. The van der Waals surface area contributed by atoms with Crippen LogP contribution in [0.2, 0.25) is 5.02 Å². The molecular weight excluding hydrogens is 408 g/mol. The van der Waals surface area contributed by atoms with Gasteiger partial charge in [-0.15, -0.1) is 0 Å². The van der Waals surface area contributed by atoms with Crippen molar-refractivity contribution in [3.8, 4) is 11.5 Å². The highest BCUT2D eigenvalue weighted by Gasteiger charge is 2.35. The van der Waals surface area contributed by atoms with Crippen LogP contribution in [-0.2, 0) is 9.53 Å². The molecule has 1 atom stereocenters. The fraction of sp³-hybridized carbons (Fsp3) is 0.545. The van der Waals surface area contributed by atoms with Gasteiger partial charge in [-0.2, -0.15) is 0 Å². The number of allylic oxidation sites excluding steroid dienone is 1. The summed E-state index contributed by atoms with van der Waals surface area (Å²) in [6.07, 6.45) is 0. The predicted octanol–water partition coefficient (Wildman–Crippen LogP) is 4.60. The van der Waals surface area contributed by atoms with Crippen LogP contribution >= 0.6 is 11.6 Å². The Labute approximate surface area is 183 Å². The van der Waals surface area contributed by atoms with Crippen LogP contribution in [0.4, 0.5) is 4.79 Å². The maximum atomic E-state index is 12.8. The zero-order valence-electron chi connectivity index (χ0n) is 18.4. The zero-order valence-corrected chi connectivity index (χ0v) is 19.2. The number of carbonyl (C=O) groups excluding carboxylic acids is 2. The van der Waals surface area contributed by atoms with Crippen molar-refractivity contribution in [2.24, 2.45) is 11.8 Å². The number of nitrogens with one attached hydrogen (secondary N) is 2. The summed E-state index contributed by atoms with van der Waals surface area (Å²) in [5.74, 6) is 0.636. The van der Waals surface area contributed by atoms with E-state index in [0.29, 0.717) is 52.5 Å². The van der Waals surface area contributed by atoms with Crippen LogP contribution in [0.15, 0.2) is 23.4 Å². The van der Waals surface area contributed by atoms with Gasteiger partial charge in [0, 0.05) is 5.70 Å². The van der Waals surface area contributed by atoms with E-state index in [9.17, 15) is 9.59 Å². The first-order valence-corrected chi connectivity index (χ1v) is 10.6. The van der Waals surface area contributed by atoms with E-state index in [1.807, 2.05) is 34.6 Å². The summed E-state index contributed by atoms with van der Waals surface area (Å²) in [7, 11) is 0. The van der Waals surface area contributed by atoms with Crippen LogP contribution in [0.5, 0.6) is 11.5 Å². The molecule has 0 saturated carbocycles. The Hall–Kier alpha value is -2.41. The van der Waals surface area contributed by atoms with Gasteiger partial charge in [0.25, 0.3) is 0 Å². The van der Waals surface area contributed by atoms with Gasteiger partial charge in [-0.05, 0) is 43.4 Å². The van der Waals surface area contributed by atoms with Gasteiger partial charge >= 0.3 is 12.0 Å². The van der Waals surface area contributed by atoms with Crippen molar-refractivity contribution in [2.45, 2.75) is 47.6 Å². The van der Waals surface area contributed by atoms with E-state index in [1.54, 1.807) is 19.1 Å². The molecule has 0 spiro atoms. The smallest absolute Gasteiger partial charge is 0.338 e. The molecule has 1 aliphatic heterocycles. The minimum atomic E-state index is -0.731. The number of carbonyl (C=O) groups is 2. The summed E-state index contributed by atoms with van der Waals surface area (Å²) in [4.78, 5) is 25.1. The summed E-state index contributed by atoms with van der Waals surface area (Å²) in [6.45, 7) is 12.6. The molecule has 2 amide bonds. The molecule has 1 heterocycles. The molecule has 2 rings (SSSR count). The van der Waals surface area contributed by atoms with E-state index in [1.165, 1.54) is 0 Å². The number of hydrogen-bond acceptors (Lipinski definition) is 5. The van der Waals surface area contributed by atoms with Crippen LogP contribution in [0, 0.1) is 11.8 Å². The van der Waals surface area contributed by atoms with E-state index in [0.717, 1.165) is 0 Å². The number of ether oxygens (including phenoxy) is 3. The quantitative estimate of drug-likeness (QED) is 0.550. The fourth-order valence-corrected chi connectivity index (χ4v) is 3.41. The normalized spacial score (nSPS) is 16.4. The molecule has 1 aromatic carbocycles. The monoisotopic (exact) mass is 438 g/mol. The number of hydrogen-bond donors (Lipinski definition) is 2. The number of amides is 2. The van der Waals surface area contributed by atoms with Gasteiger partial charge in [0.05, 0.1) is 36.5 Å². The highest BCUT2D eigenvalue weighted by molar-refractivity contribution is 6.32. The van der Waals surface area contributed by atoms with Crippen molar-refractivity contribution in [2.75, 3.05) is 19.8 Å². The first-order chi connectivity index (χ1) is 14.2. The van der Waals surface area contributed by atoms with Crippen LogP contribution in [-0.4, -0.2) is 31.8 Å². The van der Waals surface area contributed by atoms with Crippen LogP contribution in [0.3, 0.4) is 0 Å². The number of benzene rings is 1. The molecule has 0 saturated heterocycles. The van der Waals surface area contributed by atoms with Gasteiger partial charge in [0.2, 0.25) is 0 Å². The molecular formula is C22H31ClN2O5. The Morgan fingerprint density at radius 1 is 1.13 bits per heavy atom. The highest BCUT2D eigenvalue weighted by Crippen LogP contribution is 2.41. The third-order valence-electron chi connectivity index (χ3n) is 4.40. The number of esters is 1. The van der Waals surface area contributed by atoms with Gasteiger partial charge in [0.1, 0.15) is 0 Å². The van der Waals surface area contributed by atoms with Crippen LogP contribution in [0.1, 0.15) is 53.1 Å². The Balaban J connectivity index is 2.59. The average molecular weight is 439 g/mol. The van der Waals surface area contributed by atoms with Crippen molar-refractivity contribution < 1.29 is 23.8 Å². The second-order valence-electron chi connectivity index (χ2n) is 7.70. The van der Waals surface area contributed by atoms with Crippen LogP contribution in [0.25, 0.3) is 0 Å². The lowest BCUT2D eigenvalue weighted by Gasteiger charge is -2.31. The Morgan fingerprint density at radius 2 is 1.83 bits per heavy atom. The number of rotatable bonds is 9. The van der Waals surface area contributed by atoms with Gasteiger partial charge < -0.3 is 24.8 Å². The van der Waals surface area contributed by atoms with E-state index >= 15 is 0 Å². The zero-order chi connectivity index (χ0) is 22.4. The van der Waals surface area contributed by atoms with Gasteiger partial charge in [-0.1, -0.05) is 39.3 Å². The second-order valence-corrected chi connectivity index (χ2v) is 8.11. The lowest BCUT2D eigenvalue weighted by molar-refractivity contribution is -0.139. The Kier molecular flexibility index (Phi) is 8.41. The predicted molar refractivity (Wildman–Crippen MR) is 116 cm³/mol. The first kappa shape index (κ1) is 23.9. The summed E-state index contributed by atoms with van der Waals surface area (Å²) in [5, 5.41) is 5.90. The molecule has 30 heavy (non-hydrogen) atoms. The topological polar surface area (TPSA) is 85.9 Å². The van der Waals surface area contributed by atoms with Crippen molar-refractivity contribution in [1.82, 2.24) is 10.6 Å². The standard InChI is InChI=1S/C22H31ClN2O5/c1-7-28-16-10-14(9-15(23)20(16)30-11-12(3)4)19-17(21(26)29-8-2)18(13(5)6)24-22(27)25-19/h9-10,12-13,19H,7-8,11H2,1-6H3,(H2,24,25,27). The SMILES string of the molecule is CCOC(=O)C1=C(C(C)C)NC(=O)NC1c1cc(Cl)c(OCC(C)C)c(OCC)c1. The molecule has 1 unspecified atom stereocenters. The first-order valence-electron chi connectivity index (χ1n) is 10.3. The minimum absolute atomic E-state index is 0.0894. The van der Waals surface area contributed by atoms with E-state index in [2.05, 4.69) is 10.6 Å². The van der Waals surface area contributed by atoms with Crippen LogP contribution < -0.4 is 20.1 Å². The van der Waals surface area contributed by atoms with Gasteiger partial charge in [-0.25, -0.2) is 9.59 Å². The number of halogens is 1. The molecule has 8 heteroatoms. The highest BCUT2D eigenvalue weighted by atomic mass is 35.5. The maximum Gasteiger partial charge on any atom is 0.338 e. The fourth-order valence-electron chi connectivity index (χ4n) is 3.13. The average Bonchev–Trinajstić information content (AvgIpc) is 2.66. The van der Waals surface area contributed by atoms with E-state index in [4.69, 9.17) is 25.8 Å². The van der Waals surface area contributed by atoms with E-state index < -0.39 is 18.0 Å². The maximum absolute atomic E-state index is 12.8. The largest absolute Gasteiger partial charge is 0.490 e. The minimum Gasteiger partial charge on any atom is -0.490 e. The van der Waals surface area contributed by atoms with E-state index in [-0.39, 0.29) is 12.5 Å². The third-order valence-corrected chi connectivity index (χ3v) is 4.68. The molecule has 0 bridgehead atoms. The third kappa shape index (κ3) is 5.59. The van der Waals surface area contributed by atoms with Crippen molar-refractivity contribution in [1.29, 1.82) is 0 Å². The second kappa shape index (κ2) is 10.6. The summed E-state index contributed by atoms with van der Waals surface area (Å²) >= 11 is 6.53. The molecule has 0 fully saturated rings. The molecule has 0 aromatic heterocycles. The number of urea groups is 1. The van der Waals surface area contributed by atoms with Gasteiger partial charge in [0.15, 0.2) is 11.5 Å². The molecule has 0 aliphatic carbocycles. The Morgan fingerprint density at radius 3 is 2.40 bits per heavy atom. The van der Waals surface area contributed by atoms with Gasteiger partial charge in [-0.3, -0.25) is 0 Å². The Bertz CT molecular complexity index is 820. The molecule has 2 N–H and O–H groups in total. The molecule has 1 aliphatic rings. The molecule has 0 radical (unpaired) electrons. The van der Waals surface area contributed by atoms with Crippen molar-refractivity contribution >= 4 is 23.6 Å². The van der Waals surface area contributed by atoms with Crippen molar-refractivity contribution in [3.63, 3.8) is 0 Å². The molecule has 7 nitrogen and oxygen atoms in total. The summed E-state index contributed by atoms with van der Waals surface area (Å²) < 4.78 is 16.9. The molecule has 1 aromatic rings. The summed E-state index contributed by atoms with van der Waals surface area (Å²) in [6, 6.07) is 2.31.